The van der Waals surface area contributed by atoms with E-state index in [4.69, 9.17) is 0 Å². The van der Waals surface area contributed by atoms with Crippen molar-refractivity contribution in [2.45, 2.75) is 0 Å². The molecule has 0 unspecified atom stereocenters. The van der Waals surface area contributed by atoms with Gasteiger partial charge in [0.05, 0.1) is 16.0 Å². The van der Waals surface area contributed by atoms with Crippen LogP contribution in [0.2, 0.25) is 0 Å². The van der Waals surface area contributed by atoms with Gasteiger partial charge in [0, 0.05) is 26.4 Å². The molecule has 1 heterocycles. The number of rotatable bonds is 2. The van der Waals surface area contributed by atoms with E-state index in [0.717, 1.165) is 5.69 Å². The molecule has 0 radical (unpaired) electrons. The second-order valence-electron chi connectivity index (χ2n) is 3.65. The van der Waals surface area contributed by atoms with E-state index in [-0.39, 0.29) is 23.0 Å². The molecule has 2 rings (SSSR count). The van der Waals surface area contributed by atoms with Gasteiger partial charge in [-0.3, -0.25) is 15.1 Å². The highest BCUT2D eigenvalue weighted by Gasteiger charge is 2.15. The van der Waals surface area contributed by atoms with Crippen LogP contribution in [-0.4, -0.2) is 24.0 Å². The maximum atomic E-state index is 10.9. The third-order valence-electron chi connectivity index (χ3n) is 2.40. The molecule has 0 aliphatic carbocycles. The number of fused-ring (bicyclic) bond motifs is 1. The number of halogens is 1. The van der Waals surface area contributed by atoms with Crippen molar-refractivity contribution in [3.05, 3.63) is 40.6 Å². The van der Waals surface area contributed by atoms with E-state index in [1.54, 1.807) is 24.4 Å². The molecule has 0 amide bonds. The number of pyridine rings is 1. The molecule has 0 aliphatic rings. The summed E-state index contributed by atoms with van der Waals surface area (Å²) >= 11 is 0. The number of hydrogen-bond donors (Lipinski definition) is 0. The number of aromatic nitrogens is 1. The zero-order valence-electron chi connectivity index (χ0n) is 9.45. The number of hydrogen-bond acceptors (Lipinski definition) is 4. The standard InChI is InChI=1S/C11H11N3O2.ClH/c1-13(2)10-6-5-9(14(15)16)8-4-3-7-12-11(8)10;/h3-7H,1-2H3;1H. The van der Waals surface area contributed by atoms with Crippen molar-refractivity contribution in [2.75, 3.05) is 19.0 Å². The summed E-state index contributed by atoms with van der Waals surface area (Å²) < 4.78 is 0. The maximum Gasteiger partial charge on any atom is 0.278 e. The first kappa shape index (κ1) is 13.2. The lowest BCUT2D eigenvalue weighted by Gasteiger charge is -2.14. The Labute approximate surface area is 105 Å². The van der Waals surface area contributed by atoms with Crippen LogP contribution in [0.15, 0.2) is 30.5 Å². The van der Waals surface area contributed by atoms with Gasteiger partial charge in [-0.05, 0) is 18.2 Å². The fraction of sp³-hybridized carbons (Fsp3) is 0.182. The molecule has 0 fully saturated rings. The predicted molar refractivity (Wildman–Crippen MR) is 70.0 cm³/mol. The van der Waals surface area contributed by atoms with Crippen molar-refractivity contribution in [3.63, 3.8) is 0 Å². The summed E-state index contributed by atoms with van der Waals surface area (Å²) in [6.07, 6.45) is 1.64. The van der Waals surface area contributed by atoms with E-state index in [2.05, 4.69) is 4.98 Å². The van der Waals surface area contributed by atoms with Gasteiger partial charge in [0.15, 0.2) is 0 Å². The summed E-state index contributed by atoms with van der Waals surface area (Å²) in [5.74, 6) is 0. The van der Waals surface area contributed by atoms with Crippen LogP contribution in [0.1, 0.15) is 0 Å². The summed E-state index contributed by atoms with van der Waals surface area (Å²) in [4.78, 5) is 16.6. The molecule has 6 heteroatoms. The van der Waals surface area contributed by atoms with Gasteiger partial charge >= 0.3 is 0 Å². The third kappa shape index (κ3) is 2.29. The van der Waals surface area contributed by atoms with Crippen molar-refractivity contribution in [2.24, 2.45) is 0 Å². The van der Waals surface area contributed by atoms with Crippen molar-refractivity contribution in [1.82, 2.24) is 4.98 Å². The normalized spacial score (nSPS) is 9.76. The summed E-state index contributed by atoms with van der Waals surface area (Å²) in [5, 5.41) is 11.4. The van der Waals surface area contributed by atoms with E-state index in [9.17, 15) is 10.1 Å². The number of nitro groups is 1. The lowest BCUT2D eigenvalue weighted by molar-refractivity contribution is -0.383. The van der Waals surface area contributed by atoms with Gasteiger partial charge < -0.3 is 4.90 Å². The van der Waals surface area contributed by atoms with Crippen molar-refractivity contribution < 1.29 is 4.92 Å². The molecule has 0 atom stereocenters. The second kappa shape index (κ2) is 4.97. The van der Waals surface area contributed by atoms with Crippen LogP contribution in [0.5, 0.6) is 0 Å². The summed E-state index contributed by atoms with van der Waals surface area (Å²) in [7, 11) is 3.77. The molecule has 17 heavy (non-hydrogen) atoms. The summed E-state index contributed by atoms with van der Waals surface area (Å²) in [6.45, 7) is 0. The fourth-order valence-corrected chi connectivity index (χ4v) is 1.66. The minimum Gasteiger partial charge on any atom is -0.376 e. The van der Waals surface area contributed by atoms with Gasteiger partial charge in [-0.25, -0.2) is 0 Å². The lowest BCUT2D eigenvalue weighted by atomic mass is 10.1. The van der Waals surface area contributed by atoms with Crippen LogP contribution in [0.3, 0.4) is 0 Å². The van der Waals surface area contributed by atoms with Crippen LogP contribution in [0, 0.1) is 10.1 Å². The Morgan fingerprint density at radius 3 is 2.59 bits per heavy atom. The molecule has 0 saturated carbocycles. The second-order valence-corrected chi connectivity index (χ2v) is 3.65. The highest BCUT2D eigenvalue weighted by Crippen LogP contribution is 2.30. The fourth-order valence-electron chi connectivity index (χ4n) is 1.66. The molecule has 0 aliphatic heterocycles. The topological polar surface area (TPSA) is 59.3 Å². The molecule has 0 saturated heterocycles. The average Bonchev–Trinajstić information content (AvgIpc) is 2.27. The first-order valence-corrected chi connectivity index (χ1v) is 4.80. The van der Waals surface area contributed by atoms with Crippen LogP contribution < -0.4 is 4.90 Å². The lowest BCUT2D eigenvalue weighted by Crippen LogP contribution is -2.09. The van der Waals surface area contributed by atoms with Crippen LogP contribution in [0.25, 0.3) is 10.9 Å². The molecular weight excluding hydrogens is 242 g/mol. The Kier molecular flexibility index (Phi) is 3.85. The SMILES string of the molecule is CN(C)c1ccc([N+](=O)[O-])c2cccnc12.Cl. The van der Waals surface area contributed by atoms with Crippen molar-refractivity contribution in [3.8, 4) is 0 Å². The van der Waals surface area contributed by atoms with Crippen LogP contribution >= 0.6 is 12.4 Å². The maximum absolute atomic E-state index is 10.9. The Balaban J connectivity index is 0.00000144. The quantitative estimate of drug-likeness (QED) is 0.610. The molecule has 2 aromatic rings. The molecule has 1 aromatic carbocycles. The van der Waals surface area contributed by atoms with E-state index >= 15 is 0 Å². The van der Waals surface area contributed by atoms with Gasteiger partial charge in [-0.2, -0.15) is 0 Å². The number of nitrogens with zero attached hydrogens (tertiary/aromatic N) is 3. The predicted octanol–water partition coefficient (Wildman–Crippen LogP) is 2.63. The molecule has 0 spiro atoms. The van der Waals surface area contributed by atoms with Gasteiger partial charge in [-0.1, -0.05) is 0 Å². The highest BCUT2D eigenvalue weighted by molar-refractivity contribution is 5.96. The first-order chi connectivity index (χ1) is 7.61. The molecule has 5 nitrogen and oxygen atoms in total. The summed E-state index contributed by atoms with van der Waals surface area (Å²) in [6, 6.07) is 6.65. The minimum absolute atomic E-state index is 0. The number of anilines is 1. The van der Waals surface area contributed by atoms with Gasteiger partial charge in [0.2, 0.25) is 0 Å². The van der Waals surface area contributed by atoms with Crippen molar-refractivity contribution >= 4 is 34.7 Å². The zero-order chi connectivity index (χ0) is 11.7. The summed E-state index contributed by atoms with van der Waals surface area (Å²) in [5.41, 5.74) is 1.62. The van der Waals surface area contributed by atoms with Crippen molar-refractivity contribution in [1.29, 1.82) is 0 Å². The molecule has 0 bridgehead atoms. The Hall–Kier alpha value is -1.88. The van der Waals surface area contributed by atoms with Gasteiger partial charge in [-0.15, -0.1) is 12.4 Å². The third-order valence-corrected chi connectivity index (χ3v) is 2.40. The van der Waals surface area contributed by atoms with Gasteiger partial charge in [0.25, 0.3) is 5.69 Å². The molecule has 90 valence electrons. The molecule has 1 aromatic heterocycles. The largest absolute Gasteiger partial charge is 0.376 e. The van der Waals surface area contributed by atoms with Crippen LogP contribution in [-0.2, 0) is 0 Å². The van der Waals surface area contributed by atoms with Gasteiger partial charge in [0.1, 0.15) is 5.52 Å². The highest BCUT2D eigenvalue weighted by atomic mass is 35.5. The first-order valence-electron chi connectivity index (χ1n) is 4.80. The van der Waals surface area contributed by atoms with Crippen LogP contribution in [0.4, 0.5) is 11.4 Å². The smallest absolute Gasteiger partial charge is 0.278 e. The molecule has 0 N–H and O–H groups in total. The van der Waals surface area contributed by atoms with E-state index < -0.39 is 0 Å². The van der Waals surface area contributed by atoms with E-state index in [1.165, 1.54) is 6.07 Å². The Morgan fingerprint density at radius 2 is 2.00 bits per heavy atom. The number of non-ortho nitro benzene ring substituents is 1. The average molecular weight is 254 g/mol. The molecular formula is C11H12ClN3O2. The monoisotopic (exact) mass is 253 g/mol. The minimum atomic E-state index is -0.385. The number of nitro benzene ring substituents is 1. The van der Waals surface area contributed by atoms with E-state index in [1.807, 2.05) is 19.0 Å². The Morgan fingerprint density at radius 1 is 1.29 bits per heavy atom. The number of benzene rings is 1. The Bertz CT molecular complexity index is 557. The zero-order valence-corrected chi connectivity index (χ0v) is 10.3. The van der Waals surface area contributed by atoms with E-state index in [0.29, 0.717) is 10.9 Å².